The highest BCUT2D eigenvalue weighted by Gasteiger charge is 2.18. The second-order valence-corrected chi connectivity index (χ2v) is 7.32. The van der Waals surface area contributed by atoms with Gasteiger partial charge in [-0.15, -0.1) is 0 Å². The number of ether oxygens (including phenoxy) is 1. The van der Waals surface area contributed by atoms with Crippen molar-refractivity contribution in [3.8, 4) is 5.75 Å². The predicted octanol–water partition coefficient (Wildman–Crippen LogP) is 2.98. The van der Waals surface area contributed by atoms with Crippen LogP contribution in [0, 0.1) is 0 Å². The van der Waals surface area contributed by atoms with Crippen molar-refractivity contribution in [2.75, 3.05) is 46.4 Å². The molecule has 0 bridgehead atoms. The second kappa shape index (κ2) is 10.9. The SMILES string of the molecule is CN/C=C\C=C/CN1CCN(C(=S)N/C=C2/CCCOc3ccccc32)CC1. The number of hydrogen-bond donors (Lipinski definition) is 2. The lowest BCUT2D eigenvalue weighted by Crippen LogP contribution is -2.50. The summed E-state index contributed by atoms with van der Waals surface area (Å²) in [7, 11) is 1.90. The molecule has 0 saturated carbocycles. The lowest BCUT2D eigenvalue weighted by molar-refractivity contribution is 0.197. The van der Waals surface area contributed by atoms with Crippen LogP contribution < -0.4 is 15.4 Å². The van der Waals surface area contributed by atoms with E-state index in [2.05, 4.69) is 50.9 Å². The van der Waals surface area contributed by atoms with Crippen LogP contribution in [0.1, 0.15) is 18.4 Å². The number of fused-ring (bicyclic) bond motifs is 1. The Hall–Kier alpha value is -2.31. The number of nitrogens with zero attached hydrogens (tertiary/aromatic N) is 2. The van der Waals surface area contributed by atoms with Crippen LogP contribution in [-0.4, -0.2) is 61.3 Å². The Morgan fingerprint density at radius 3 is 2.82 bits per heavy atom. The summed E-state index contributed by atoms with van der Waals surface area (Å²) in [4.78, 5) is 4.70. The number of rotatable bonds is 5. The third kappa shape index (κ3) is 5.84. The quantitative estimate of drug-likeness (QED) is 0.587. The summed E-state index contributed by atoms with van der Waals surface area (Å²) >= 11 is 5.64. The Kier molecular flexibility index (Phi) is 7.94. The van der Waals surface area contributed by atoms with Gasteiger partial charge in [0.2, 0.25) is 0 Å². The maximum atomic E-state index is 5.84. The van der Waals surface area contributed by atoms with Gasteiger partial charge in [-0.05, 0) is 49.0 Å². The monoisotopic (exact) mass is 398 g/mol. The molecule has 2 heterocycles. The van der Waals surface area contributed by atoms with E-state index in [1.54, 1.807) is 0 Å². The van der Waals surface area contributed by atoms with Crippen LogP contribution in [-0.2, 0) is 0 Å². The molecule has 5 nitrogen and oxygen atoms in total. The van der Waals surface area contributed by atoms with Crippen LogP contribution >= 0.6 is 12.2 Å². The molecule has 6 heteroatoms. The average Bonchev–Trinajstić information content (AvgIpc) is 2.94. The van der Waals surface area contributed by atoms with Crippen molar-refractivity contribution in [1.29, 1.82) is 0 Å². The first-order chi connectivity index (χ1) is 13.8. The number of thiocarbonyl (C=S) groups is 1. The number of allylic oxidation sites excluding steroid dienone is 3. The fraction of sp³-hybridized carbons (Fsp3) is 0.409. The van der Waals surface area contributed by atoms with Gasteiger partial charge < -0.3 is 20.3 Å². The lowest BCUT2D eigenvalue weighted by Gasteiger charge is -2.35. The van der Waals surface area contributed by atoms with E-state index in [0.29, 0.717) is 0 Å². The molecule has 0 unspecified atom stereocenters. The second-order valence-electron chi connectivity index (χ2n) is 6.93. The van der Waals surface area contributed by atoms with Gasteiger partial charge in [0.25, 0.3) is 0 Å². The van der Waals surface area contributed by atoms with Gasteiger partial charge in [-0.3, -0.25) is 4.90 Å². The molecule has 2 aliphatic rings. The smallest absolute Gasteiger partial charge is 0.173 e. The summed E-state index contributed by atoms with van der Waals surface area (Å²) in [5.74, 6) is 0.963. The molecule has 28 heavy (non-hydrogen) atoms. The minimum Gasteiger partial charge on any atom is -0.493 e. The first-order valence-electron chi connectivity index (χ1n) is 9.96. The molecular formula is C22H30N4OS. The molecule has 0 spiro atoms. The topological polar surface area (TPSA) is 39.8 Å². The molecule has 1 aromatic rings. The van der Waals surface area contributed by atoms with Crippen LogP contribution in [0.15, 0.2) is 54.9 Å². The van der Waals surface area contributed by atoms with Gasteiger partial charge in [0, 0.05) is 51.5 Å². The summed E-state index contributed by atoms with van der Waals surface area (Å²) in [6.45, 7) is 5.69. The zero-order valence-electron chi connectivity index (χ0n) is 16.6. The van der Waals surface area contributed by atoms with Gasteiger partial charge in [-0.25, -0.2) is 0 Å². The highest BCUT2D eigenvalue weighted by molar-refractivity contribution is 7.80. The number of hydrogen-bond acceptors (Lipinski definition) is 4. The van der Waals surface area contributed by atoms with E-state index >= 15 is 0 Å². The van der Waals surface area contributed by atoms with Gasteiger partial charge in [0.15, 0.2) is 5.11 Å². The van der Waals surface area contributed by atoms with Crippen molar-refractivity contribution in [3.05, 3.63) is 60.5 Å². The van der Waals surface area contributed by atoms with E-state index in [0.717, 1.165) is 63.0 Å². The van der Waals surface area contributed by atoms with E-state index in [4.69, 9.17) is 17.0 Å². The van der Waals surface area contributed by atoms with E-state index in [1.807, 2.05) is 31.5 Å². The number of nitrogens with one attached hydrogen (secondary N) is 2. The molecule has 1 saturated heterocycles. The minimum absolute atomic E-state index is 0.764. The van der Waals surface area contributed by atoms with Gasteiger partial charge in [-0.1, -0.05) is 30.4 Å². The standard InChI is InChI=1S/C22H30N4OS/c1-23-11-5-2-6-12-25-13-15-26(16-14-25)22(28)24-18-19-8-7-17-27-21-10-4-3-9-20(19)21/h2-6,9-11,18,23H,7-8,12-17H2,1H3,(H,24,28)/b6-2-,11-5-,19-18-. The van der Waals surface area contributed by atoms with Crippen molar-refractivity contribution < 1.29 is 4.74 Å². The van der Waals surface area contributed by atoms with Gasteiger partial charge in [-0.2, -0.15) is 0 Å². The molecular weight excluding hydrogens is 368 g/mol. The Morgan fingerprint density at radius 1 is 1.18 bits per heavy atom. The van der Waals surface area contributed by atoms with E-state index in [9.17, 15) is 0 Å². The Balaban J connectivity index is 1.49. The summed E-state index contributed by atoms with van der Waals surface area (Å²) in [6.07, 6.45) is 12.3. The van der Waals surface area contributed by atoms with E-state index in [-0.39, 0.29) is 0 Å². The van der Waals surface area contributed by atoms with Crippen molar-refractivity contribution >= 4 is 22.9 Å². The maximum Gasteiger partial charge on any atom is 0.173 e. The summed E-state index contributed by atoms with van der Waals surface area (Å²) in [5, 5.41) is 7.15. The molecule has 0 radical (unpaired) electrons. The molecule has 0 aliphatic carbocycles. The minimum atomic E-state index is 0.764. The fourth-order valence-corrected chi connectivity index (χ4v) is 3.64. The van der Waals surface area contributed by atoms with Crippen molar-refractivity contribution in [1.82, 2.24) is 20.4 Å². The third-order valence-corrected chi connectivity index (χ3v) is 5.36. The molecule has 2 N–H and O–H groups in total. The van der Waals surface area contributed by atoms with Crippen LogP contribution in [0.3, 0.4) is 0 Å². The van der Waals surface area contributed by atoms with Crippen LogP contribution in [0.2, 0.25) is 0 Å². The van der Waals surface area contributed by atoms with Gasteiger partial charge in [0.1, 0.15) is 5.75 Å². The van der Waals surface area contributed by atoms with Crippen molar-refractivity contribution in [2.45, 2.75) is 12.8 Å². The molecule has 1 aromatic carbocycles. The molecule has 2 aliphatic heterocycles. The van der Waals surface area contributed by atoms with E-state index in [1.165, 1.54) is 11.1 Å². The number of benzene rings is 1. The van der Waals surface area contributed by atoms with Crippen LogP contribution in [0.4, 0.5) is 0 Å². The zero-order chi connectivity index (χ0) is 19.6. The number of para-hydroxylation sites is 1. The fourth-order valence-electron chi connectivity index (χ4n) is 3.40. The molecule has 3 rings (SSSR count). The zero-order valence-corrected chi connectivity index (χ0v) is 17.4. The number of piperazine rings is 1. The van der Waals surface area contributed by atoms with Crippen molar-refractivity contribution in [3.63, 3.8) is 0 Å². The molecule has 1 fully saturated rings. The normalized spacial score (nSPS) is 19.5. The molecule has 0 aromatic heterocycles. The van der Waals surface area contributed by atoms with Crippen LogP contribution in [0.5, 0.6) is 5.75 Å². The lowest BCUT2D eigenvalue weighted by atomic mass is 10.0. The summed E-state index contributed by atoms with van der Waals surface area (Å²) in [6, 6.07) is 8.23. The molecule has 0 atom stereocenters. The first kappa shape index (κ1) is 20.4. The highest BCUT2D eigenvalue weighted by atomic mass is 32.1. The van der Waals surface area contributed by atoms with Gasteiger partial charge >= 0.3 is 0 Å². The average molecular weight is 399 g/mol. The third-order valence-electron chi connectivity index (χ3n) is 4.98. The summed E-state index contributed by atoms with van der Waals surface area (Å²) in [5.41, 5.74) is 2.42. The predicted molar refractivity (Wildman–Crippen MR) is 120 cm³/mol. The first-order valence-corrected chi connectivity index (χ1v) is 10.4. The highest BCUT2D eigenvalue weighted by Crippen LogP contribution is 2.31. The van der Waals surface area contributed by atoms with E-state index < -0.39 is 0 Å². The Labute approximate surface area is 173 Å². The molecule has 0 amide bonds. The summed E-state index contributed by atoms with van der Waals surface area (Å²) < 4.78 is 5.84. The largest absolute Gasteiger partial charge is 0.493 e. The van der Waals surface area contributed by atoms with Crippen LogP contribution in [0.25, 0.3) is 5.57 Å². The Morgan fingerprint density at radius 2 is 2.00 bits per heavy atom. The Bertz CT molecular complexity index is 736. The maximum absolute atomic E-state index is 5.84. The molecule has 150 valence electrons. The van der Waals surface area contributed by atoms with Gasteiger partial charge in [0.05, 0.1) is 6.61 Å². The van der Waals surface area contributed by atoms with Crippen molar-refractivity contribution in [2.24, 2.45) is 0 Å².